The fourth-order valence-electron chi connectivity index (χ4n) is 2.12. The van der Waals surface area contributed by atoms with Crippen molar-refractivity contribution in [2.24, 2.45) is 0 Å². The molecule has 1 aromatic rings. The van der Waals surface area contributed by atoms with Crippen LogP contribution in [0.25, 0.3) is 0 Å². The Morgan fingerprint density at radius 2 is 2.00 bits per heavy atom. The minimum Gasteiger partial charge on any atom is -0.338 e. The first-order valence-corrected chi connectivity index (χ1v) is 8.26. The van der Waals surface area contributed by atoms with Gasteiger partial charge in [-0.2, -0.15) is 0 Å². The number of sulfone groups is 1. The van der Waals surface area contributed by atoms with Crippen LogP contribution in [-0.4, -0.2) is 38.5 Å². The Morgan fingerprint density at radius 1 is 1.30 bits per heavy atom. The van der Waals surface area contributed by atoms with Crippen molar-refractivity contribution >= 4 is 15.9 Å². The van der Waals surface area contributed by atoms with Crippen LogP contribution >= 0.6 is 0 Å². The van der Waals surface area contributed by atoms with Gasteiger partial charge in [-0.05, 0) is 30.5 Å². The van der Waals surface area contributed by atoms with Gasteiger partial charge in [-0.3, -0.25) is 0 Å². The monoisotopic (exact) mass is 300 g/mol. The summed E-state index contributed by atoms with van der Waals surface area (Å²) in [7, 11) is -2.99. The van der Waals surface area contributed by atoms with Gasteiger partial charge in [-0.25, -0.2) is 17.6 Å². The van der Waals surface area contributed by atoms with Crippen LogP contribution in [0.2, 0.25) is 0 Å². The Bertz CT molecular complexity index is 572. The van der Waals surface area contributed by atoms with Gasteiger partial charge in [0.2, 0.25) is 0 Å². The number of hydrogen-bond acceptors (Lipinski definition) is 3. The molecule has 7 heteroatoms. The quantitative estimate of drug-likeness (QED) is 0.866. The highest BCUT2D eigenvalue weighted by molar-refractivity contribution is 7.91. The zero-order chi connectivity index (χ0) is 14.6. The van der Waals surface area contributed by atoms with Gasteiger partial charge in [0.05, 0.1) is 11.5 Å². The van der Waals surface area contributed by atoms with Gasteiger partial charge in [-0.15, -0.1) is 0 Å². The molecule has 0 spiro atoms. The lowest BCUT2D eigenvalue weighted by Gasteiger charge is -2.12. The first kappa shape index (κ1) is 14.8. The first-order chi connectivity index (χ1) is 9.44. The van der Waals surface area contributed by atoms with Crippen molar-refractivity contribution in [3.05, 3.63) is 35.6 Å². The number of benzene rings is 1. The number of halogens is 1. The molecule has 1 aromatic carbocycles. The average molecular weight is 300 g/mol. The van der Waals surface area contributed by atoms with Gasteiger partial charge in [-0.1, -0.05) is 12.1 Å². The van der Waals surface area contributed by atoms with Crippen LogP contribution in [0.3, 0.4) is 0 Å². The maximum absolute atomic E-state index is 12.7. The zero-order valence-electron chi connectivity index (χ0n) is 10.9. The summed E-state index contributed by atoms with van der Waals surface area (Å²) in [6.45, 7) is 0.414. The maximum atomic E-state index is 12.7. The number of amides is 2. The molecular formula is C13H17FN2O3S. The minimum absolute atomic E-state index is 0.0123. The van der Waals surface area contributed by atoms with Crippen molar-refractivity contribution in [2.45, 2.75) is 18.9 Å². The fraction of sp³-hybridized carbons (Fsp3) is 0.462. The second kappa shape index (κ2) is 6.21. The molecule has 2 amide bonds. The molecule has 5 nitrogen and oxygen atoms in total. The first-order valence-electron chi connectivity index (χ1n) is 6.44. The van der Waals surface area contributed by atoms with Crippen molar-refractivity contribution < 1.29 is 17.6 Å². The molecule has 1 unspecified atom stereocenters. The molecule has 1 heterocycles. The van der Waals surface area contributed by atoms with Gasteiger partial charge >= 0.3 is 6.03 Å². The lowest BCUT2D eigenvalue weighted by molar-refractivity contribution is 0.238. The van der Waals surface area contributed by atoms with Crippen molar-refractivity contribution in [1.29, 1.82) is 0 Å². The smallest absolute Gasteiger partial charge is 0.315 e. The number of carbonyl (C=O) groups is 1. The molecule has 1 atom stereocenters. The van der Waals surface area contributed by atoms with E-state index in [9.17, 15) is 17.6 Å². The van der Waals surface area contributed by atoms with Gasteiger partial charge in [0, 0.05) is 12.6 Å². The highest BCUT2D eigenvalue weighted by Gasteiger charge is 2.28. The van der Waals surface area contributed by atoms with Crippen molar-refractivity contribution in [2.75, 3.05) is 18.1 Å². The largest absolute Gasteiger partial charge is 0.338 e. The molecule has 1 fully saturated rings. The van der Waals surface area contributed by atoms with Crippen LogP contribution < -0.4 is 10.6 Å². The summed E-state index contributed by atoms with van der Waals surface area (Å²) in [6, 6.07) is 5.41. The molecule has 0 radical (unpaired) electrons. The van der Waals surface area contributed by atoms with Gasteiger partial charge in [0.15, 0.2) is 9.84 Å². The molecule has 110 valence electrons. The number of nitrogens with one attached hydrogen (secondary N) is 2. The number of carbonyl (C=O) groups excluding carboxylic acids is 1. The third-order valence-corrected chi connectivity index (χ3v) is 4.95. The molecule has 1 aliphatic heterocycles. The third kappa shape index (κ3) is 4.48. The Morgan fingerprint density at radius 3 is 2.60 bits per heavy atom. The van der Waals surface area contributed by atoms with Gasteiger partial charge < -0.3 is 10.6 Å². The molecule has 2 N–H and O–H groups in total. The van der Waals surface area contributed by atoms with Crippen molar-refractivity contribution in [1.82, 2.24) is 10.6 Å². The van der Waals surface area contributed by atoms with Crippen molar-refractivity contribution in [3.63, 3.8) is 0 Å². The molecule has 1 saturated heterocycles. The Labute approximate surface area is 117 Å². The topological polar surface area (TPSA) is 75.3 Å². The van der Waals surface area contributed by atoms with E-state index in [1.165, 1.54) is 12.1 Å². The van der Waals surface area contributed by atoms with E-state index in [1.807, 2.05) is 0 Å². The predicted molar refractivity (Wildman–Crippen MR) is 73.7 cm³/mol. The average Bonchev–Trinajstić information content (AvgIpc) is 2.71. The summed E-state index contributed by atoms with van der Waals surface area (Å²) in [6.07, 6.45) is 1.06. The molecule has 0 aliphatic carbocycles. The highest BCUT2D eigenvalue weighted by atomic mass is 32.2. The van der Waals surface area contributed by atoms with Crippen LogP contribution in [0.5, 0.6) is 0 Å². The maximum Gasteiger partial charge on any atom is 0.315 e. The Kier molecular flexibility index (Phi) is 4.59. The minimum atomic E-state index is -2.99. The summed E-state index contributed by atoms with van der Waals surface area (Å²) < 4.78 is 35.2. The lowest BCUT2D eigenvalue weighted by Crippen LogP contribution is -2.43. The van der Waals surface area contributed by atoms with Crippen molar-refractivity contribution in [3.8, 4) is 0 Å². The normalized spacial score (nSPS) is 20.6. The zero-order valence-corrected chi connectivity index (χ0v) is 11.7. The molecule has 20 heavy (non-hydrogen) atoms. The Balaban J connectivity index is 1.69. The Hall–Kier alpha value is -1.63. The van der Waals surface area contributed by atoms with Crippen LogP contribution in [0.4, 0.5) is 9.18 Å². The molecule has 0 saturated carbocycles. The van der Waals surface area contributed by atoms with E-state index < -0.39 is 9.84 Å². The van der Waals surface area contributed by atoms with Gasteiger partial charge in [0.1, 0.15) is 5.82 Å². The van der Waals surface area contributed by atoms with Crippen LogP contribution in [0.15, 0.2) is 24.3 Å². The van der Waals surface area contributed by atoms with E-state index in [4.69, 9.17) is 0 Å². The summed E-state index contributed by atoms with van der Waals surface area (Å²) in [4.78, 5) is 11.6. The molecule has 0 bridgehead atoms. The number of hydrogen-bond donors (Lipinski definition) is 2. The third-order valence-electron chi connectivity index (χ3n) is 3.18. The standard InChI is InChI=1S/C13H17FN2O3S/c14-11-3-1-10(2-4-11)5-7-15-13(17)16-12-6-8-20(18,19)9-12/h1-4,12H,5-9H2,(H2,15,16,17). The summed E-state index contributed by atoms with van der Waals surface area (Å²) in [5.74, 6) is -0.145. The van der Waals surface area contributed by atoms with Crippen LogP contribution in [0.1, 0.15) is 12.0 Å². The SMILES string of the molecule is O=C(NCCc1ccc(F)cc1)NC1CCS(=O)(=O)C1. The van der Waals surface area contributed by atoms with Gasteiger partial charge in [0.25, 0.3) is 0 Å². The summed E-state index contributed by atoms with van der Waals surface area (Å²) in [5.41, 5.74) is 0.926. The molecule has 2 rings (SSSR count). The second-order valence-corrected chi connectivity index (χ2v) is 7.11. The number of rotatable bonds is 4. The second-order valence-electron chi connectivity index (χ2n) is 4.88. The number of urea groups is 1. The predicted octanol–water partition coefficient (Wildman–Crippen LogP) is 0.855. The summed E-state index contributed by atoms with van der Waals surface area (Å²) >= 11 is 0. The highest BCUT2D eigenvalue weighted by Crippen LogP contribution is 2.10. The molecule has 0 aromatic heterocycles. The van der Waals surface area contributed by atoms with E-state index >= 15 is 0 Å². The van der Waals surface area contributed by atoms with E-state index in [1.54, 1.807) is 12.1 Å². The van der Waals surface area contributed by atoms with E-state index in [-0.39, 0.29) is 29.4 Å². The van der Waals surface area contributed by atoms with E-state index in [0.717, 1.165) is 5.56 Å². The van der Waals surface area contributed by atoms with E-state index in [0.29, 0.717) is 19.4 Å². The molecular weight excluding hydrogens is 283 g/mol. The fourth-order valence-corrected chi connectivity index (χ4v) is 3.79. The summed E-state index contributed by atoms with van der Waals surface area (Å²) in [5, 5.41) is 5.30. The van der Waals surface area contributed by atoms with E-state index in [2.05, 4.69) is 10.6 Å². The molecule has 1 aliphatic rings. The van der Waals surface area contributed by atoms with Crippen LogP contribution in [-0.2, 0) is 16.3 Å². The van der Waals surface area contributed by atoms with Crippen LogP contribution in [0, 0.1) is 5.82 Å². The lowest BCUT2D eigenvalue weighted by atomic mass is 10.1.